The zero-order chi connectivity index (χ0) is 14.5. The molecule has 4 nitrogen and oxygen atoms in total. The van der Waals surface area contributed by atoms with Gasteiger partial charge in [-0.05, 0) is 37.3 Å². The van der Waals surface area contributed by atoms with E-state index in [-0.39, 0.29) is 10.7 Å². The fourth-order valence-electron chi connectivity index (χ4n) is 1.60. The predicted molar refractivity (Wildman–Crippen MR) is 77.8 cm³/mol. The summed E-state index contributed by atoms with van der Waals surface area (Å²) in [5, 5.41) is 5.77. The van der Waals surface area contributed by atoms with Gasteiger partial charge >= 0.3 is 0 Å². The number of carbonyl (C=O) groups excluding carboxylic acids is 1. The molecule has 104 valence electrons. The molecule has 0 radical (unpaired) electrons. The van der Waals surface area contributed by atoms with Gasteiger partial charge < -0.3 is 10.6 Å². The van der Waals surface area contributed by atoms with Gasteiger partial charge in [-0.1, -0.05) is 11.6 Å². The molecule has 0 bridgehead atoms. The third-order valence-corrected chi connectivity index (χ3v) is 2.80. The van der Waals surface area contributed by atoms with Crippen molar-refractivity contribution in [3.05, 3.63) is 52.9 Å². The summed E-state index contributed by atoms with van der Waals surface area (Å²) in [4.78, 5) is 16.0. The van der Waals surface area contributed by atoms with Crippen LogP contribution in [0.4, 0.5) is 15.9 Å². The number of carbonyl (C=O) groups is 1. The molecule has 20 heavy (non-hydrogen) atoms. The van der Waals surface area contributed by atoms with E-state index in [2.05, 4.69) is 15.6 Å². The van der Waals surface area contributed by atoms with Crippen LogP contribution in [0.1, 0.15) is 17.3 Å². The Kier molecular flexibility index (Phi) is 4.53. The standard InChI is InChI=1S/C14H13ClFN3O/c1-2-17-13-6-3-9(8-18-13)14(20)19-12-5-4-10(15)7-11(12)16/h3-8H,2H2,1H3,(H,17,18)(H,19,20). The van der Waals surface area contributed by atoms with Crippen LogP contribution in [-0.4, -0.2) is 17.4 Å². The molecular formula is C14H13ClFN3O. The Morgan fingerprint density at radius 2 is 2.15 bits per heavy atom. The normalized spacial score (nSPS) is 10.2. The van der Waals surface area contributed by atoms with Crippen LogP contribution >= 0.6 is 11.6 Å². The van der Waals surface area contributed by atoms with E-state index in [0.717, 1.165) is 12.6 Å². The molecule has 0 atom stereocenters. The van der Waals surface area contributed by atoms with Crippen LogP contribution in [-0.2, 0) is 0 Å². The van der Waals surface area contributed by atoms with Crippen LogP contribution < -0.4 is 10.6 Å². The second kappa shape index (κ2) is 6.34. The van der Waals surface area contributed by atoms with Gasteiger partial charge in [0.25, 0.3) is 5.91 Å². The maximum absolute atomic E-state index is 13.6. The third-order valence-electron chi connectivity index (χ3n) is 2.56. The molecule has 2 rings (SSSR count). The Balaban J connectivity index is 2.11. The Morgan fingerprint density at radius 3 is 2.75 bits per heavy atom. The van der Waals surface area contributed by atoms with E-state index in [9.17, 15) is 9.18 Å². The van der Waals surface area contributed by atoms with E-state index < -0.39 is 11.7 Å². The number of halogens is 2. The van der Waals surface area contributed by atoms with Gasteiger partial charge in [0.2, 0.25) is 0 Å². The highest BCUT2D eigenvalue weighted by atomic mass is 35.5. The zero-order valence-corrected chi connectivity index (χ0v) is 11.5. The molecule has 0 saturated heterocycles. The van der Waals surface area contributed by atoms with Gasteiger partial charge in [0.1, 0.15) is 11.6 Å². The molecule has 6 heteroatoms. The lowest BCUT2D eigenvalue weighted by atomic mass is 10.2. The molecule has 0 fully saturated rings. The summed E-state index contributed by atoms with van der Waals surface area (Å²) >= 11 is 5.65. The van der Waals surface area contributed by atoms with Crippen LogP contribution in [0.25, 0.3) is 0 Å². The van der Waals surface area contributed by atoms with Gasteiger partial charge in [-0.2, -0.15) is 0 Å². The lowest BCUT2D eigenvalue weighted by molar-refractivity contribution is 0.102. The molecule has 0 spiro atoms. The summed E-state index contributed by atoms with van der Waals surface area (Å²) in [6, 6.07) is 7.37. The van der Waals surface area contributed by atoms with Crippen LogP contribution in [0.15, 0.2) is 36.5 Å². The molecule has 0 aliphatic heterocycles. The Hall–Kier alpha value is -2.14. The van der Waals surface area contributed by atoms with E-state index in [4.69, 9.17) is 11.6 Å². The Labute approximate surface area is 121 Å². The van der Waals surface area contributed by atoms with Crippen LogP contribution in [0.5, 0.6) is 0 Å². The molecule has 1 heterocycles. The SMILES string of the molecule is CCNc1ccc(C(=O)Nc2ccc(Cl)cc2F)cn1. The van der Waals surface area contributed by atoms with E-state index in [1.165, 1.54) is 18.3 Å². The predicted octanol–water partition coefficient (Wildman–Crippen LogP) is 3.56. The molecule has 0 aliphatic rings. The first kappa shape index (κ1) is 14.3. The van der Waals surface area contributed by atoms with Crippen molar-refractivity contribution in [3.8, 4) is 0 Å². The number of pyridine rings is 1. The number of nitrogens with one attached hydrogen (secondary N) is 2. The summed E-state index contributed by atoms with van der Waals surface area (Å²) in [6.07, 6.45) is 1.43. The number of aromatic nitrogens is 1. The third kappa shape index (κ3) is 3.45. The molecule has 2 N–H and O–H groups in total. The highest BCUT2D eigenvalue weighted by Gasteiger charge is 2.10. The quantitative estimate of drug-likeness (QED) is 0.906. The lowest BCUT2D eigenvalue weighted by Gasteiger charge is -2.07. The molecule has 1 aromatic carbocycles. The first-order valence-corrected chi connectivity index (χ1v) is 6.44. The smallest absolute Gasteiger partial charge is 0.257 e. The first-order chi connectivity index (χ1) is 9.60. The van der Waals surface area contributed by atoms with Gasteiger partial charge in [-0.3, -0.25) is 4.79 Å². The van der Waals surface area contributed by atoms with Crippen LogP contribution in [0.3, 0.4) is 0 Å². The van der Waals surface area contributed by atoms with E-state index in [0.29, 0.717) is 11.4 Å². The highest BCUT2D eigenvalue weighted by Crippen LogP contribution is 2.19. The van der Waals surface area contributed by atoms with Gasteiger partial charge in [0.15, 0.2) is 0 Å². The van der Waals surface area contributed by atoms with Gasteiger partial charge in [-0.25, -0.2) is 9.37 Å². The number of rotatable bonds is 4. The summed E-state index contributed by atoms with van der Waals surface area (Å²) in [5.41, 5.74) is 0.427. The minimum atomic E-state index is -0.580. The number of nitrogens with zero attached hydrogens (tertiary/aromatic N) is 1. The fourth-order valence-corrected chi connectivity index (χ4v) is 1.76. The second-order valence-corrected chi connectivity index (χ2v) is 4.48. The number of benzene rings is 1. The summed E-state index contributed by atoms with van der Waals surface area (Å²) in [6.45, 7) is 2.69. The van der Waals surface area contributed by atoms with Crippen LogP contribution in [0, 0.1) is 5.82 Å². The lowest BCUT2D eigenvalue weighted by Crippen LogP contribution is -2.13. The summed E-state index contributed by atoms with van der Waals surface area (Å²) in [7, 11) is 0. The minimum Gasteiger partial charge on any atom is -0.370 e. The maximum Gasteiger partial charge on any atom is 0.257 e. The number of amides is 1. The maximum atomic E-state index is 13.6. The van der Waals surface area contributed by atoms with Crippen molar-refractivity contribution in [2.45, 2.75) is 6.92 Å². The number of hydrogen-bond donors (Lipinski definition) is 2. The van der Waals surface area contributed by atoms with Crippen molar-refractivity contribution in [1.29, 1.82) is 0 Å². The summed E-state index contributed by atoms with van der Waals surface area (Å²) in [5.74, 6) is -0.327. The first-order valence-electron chi connectivity index (χ1n) is 6.06. The van der Waals surface area contributed by atoms with Crippen molar-refractivity contribution in [2.75, 3.05) is 17.2 Å². The molecule has 2 aromatic rings. The topological polar surface area (TPSA) is 54.0 Å². The van der Waals surface area contributed by atoms with Crippen molar-refractivity contribution in [2.24, 2.45) is 0 Å². The second-order valence-electron chi connectivity index (χ2n) is 4.04. The molecule has 1 amide bonds. The molecule has 0 unspecified atom stereocenters. The monoisotopic (exact) mass is 293 g/mol. The van der Waals surface area contributed by atoms with E-state index in [1.807, 2.05) is 6.92 Å². The van der Waals surface area contributed by atoms with Crippen molar-refractivity contribution in [1.82, 2.24) is 4.98 Å². The summed E-state index contributed by atoms with van der Waals surface area (Å²) < 4.78 is 13.6. The highest BCUT2D eigenvalue weighted by molar-refractivity contribution is 6.30. The van der Waals surface area contributed by atoms with Gasteiger partial charge in [0, 0.05) is 17.8 Å². The van der Waals surface area contributed by atoms with Gasteiger partial charge in [0.05, 0.1) is 11.3 Å². The van der Waals surface area contributed by atoms with E-state index in [1.54, 1.807) is 12.1 Å². The molecule has 0 saturated carbocycles. The molecule has 0 aliphatic carbocycles. The van der Waals surface area contributed by atoms with E-state index >= 15 is 0 Å². The largest absolute Gasteiger partial charge is 0.370 e. The van der Waals surface area contributed by atoms with Gasteiger partial charge in [-0.15, -0.1) is 0 Å². The van der Waals surface area contributed by atoms with Crippen LogP contribution in [0.2, 0.25) is 5.02 Å². The van der Waals surface area contributed by atoms with Crippen molar-refractivity contribution < 1.29 is 9.18 Å². The number of anilines is 2. The Morgan fingerprint density at radius 1 is 1.35 bits per heavy atom. The molecular weight excluding hydrogens is 281 g/mol. The zero-order valence-electron chi connectivity index (χ0n) is 10.8. The van der Waals surface area contributed by atoms with Crippen molar-refractivity contribution in [3.63, 3.8) is 0 Å². The van der Waals surface area contributed by atoms with Crippen molar-refractivity contribution >= 4 is 29.0 Å². The number of hydrogen-bond acceptors (Lipinski definition) is 3. The Bertz CT molecular complexity index is 616. The average molecular weight is 294 g/mol. The average Bonchev–Trinajstić information content (AvgIpc) is 2.43. The molecule has 1 aromatic heterocycles. The fraction of sp³-hybridized carbons (Fsp3) is 0.143. The minimum absolute atomic E-state index is 0.0789.